The minimum Gasteiger partial charge on any atom is -0.368 e. The van der Waals surface area contributed by atoms with Crippen molar-refractivity contribution in [2.24, 2.45) is 5.73 Å². The largest absolute Gasteiger partial charge is 0.368 e. The van der Waals surface area contributed by atoms with E-state index in [9.17, 15) is 9.59 Å². The molecule has 0 saturated heterocycles. The fourth-order valence-electron chi connectivity index (χ4n) is 1.04. The quantitative estimate of drug-likeness (QED) is 0.737. The maximum atomic E-state index is 11.4. The first-order valence-electron chi connectivity index (χ1n) is 4.36. The van der Waals surface area contributed by atoms with E-state index in [0.29, 0.717) is 5.56 Å². The summed E-state index contributed by atoms with van der Waals surface area (Å²) >= 11 is 5.88. The molecule has 4 nitrogen and oxygen atoms in total. The second-order valence-electron chi connectivity index (χ2n) is 2.96. The van der Waals surface area contributed by atoms with Crippen molar-refractivity contribution in [1.82, 2.24) is 5.32 Å². The van der Waals surface area contributed by atoms with Crippen LogP contribution in [0.4, 0.5) is 0 Å². The monoisotopic (exact) mass is 226 g/mol. The molecule has 1 aromatic rings. The number of carbonyl (C=O) groups excluding carboxylic acids is 2. The fraction of sp³-hybridized carbons (Fsp3) is 0.200. The van der Waals surface area contributed by atoms with Crippen LogP contribution in [0.2, 0.25) is 0 Å². The van der Waals surface area contributed by atoms with Gasteiger partial charge in [-0.3, -0.25) is 9.59 Å². The number of primary amides is 1. The van der Waals surface area contributed by atoms with Crippen LogP contribution in [0, 0.1) is 0 Å². The average molecular weight is 227 g/mol. The van der Waals surface area contributed by atoms with Crippen LogP contribution >= 0.6 is 11.6 Å². The number of nitrogens with one attached hydrogen (secondary N) is 1. The van der Waals surface area contributed by atoms with E-state index in [1.165, 1.54) is 0 Å². The van der Waals surface area contributed by atoms with Crippen molar-refractivity contribution in [3.8, 4) is 0 Å². The minimum absolute atomic E-state index is 0.200. The van der Waals surface area contributed by atoms with Crippen molar-refractivity contribution in [3.05, 3.63) is 35.9 Å². The molecule has 1 atom stereocenters. The molecule has 0 saturated carbocycles. The summed E-state index contributed by atoms with van der Waals surface area (Å²) in [5, 5.41) is 1.53. The second-order valence-corrected chi connectivity index (χ2v) is 3.39. The van der Waals surface area contributed by atoms with Crippen LogP contribution in [0.5, 0.6) is 0 Å². The third-order valence-electron chi connectivity index (χ3n) is 1.76. The van der Waals surface area contributed by atoms with Crippen LogP contribution in [0.15, 0.2) is 30.3 Å². The van der Waals surface area contributed by atoms with E-state index in [1.807, 2.05) is 6.07 Å². The molecule has 5 heteroatoms. The molecule has 0 aromatic heterocycles. The molecule has 0 aliphatic rings. The normalized spacial score (nSPS) is 11.8. The number of hydrogen-bond acceptors (Lipinski definition) is 2. The van der Waals surface area contributed by atoms with Gasteiger partial charge in [-0.25, -0.2) is 0 Å². The number of hydrogen-bond donors (Lipinski definition) is 2. The maximum Gasteiger partial charge on any atom is 0.243 e. The van der Waals surface area contributed by atoms with Crippen molar-refractivity contribution in [2.45, 2.75) is 5.38 Å². The predicted octanol–water partition coefficient (Wildman–Crippen LogP) is 0.568. The number of carbonyl (C=O) groups is 2. The minimum atomic E-state index is -0.800. The van der Waals surface area contributed by atoms with Crippen LogP contribution < -0.4 is 11.1 Å². The summed E-state index contributed by atoms with van der Waals surface area (Å²) in [6, 6.07) is 8.87. The maximum absolute atomic E-state index is 11.4. The second kappa shape index (κ2) is 5.36. The van der Waals surface area contributed by atoms with E-state index in [1.54, 1.807) is 24.3 Å². The summed E-state index contributed by atoms with van der Waals surface area (Å²) in [6.07, 6.45) is 0. The molecule has 1 unspecified atom stereocenters. The Morgan fingerprint density at radius 3 is 2.47 bits per heavy atom. The Balaban J connectivity index is 2.57. The van der Waals surface area contributed by atoms with Crippen LogP contribution in [0.25, 0.3) is 0 Å². The van der Waals surface area contributed by atoms with Crippen LogP contribution in [0.1, 0.15) is 10.9 Å². The highest BCUT2D eigenvalue weighted by molar-refractivity contribution is 6.30. The molecule has 0 bridgehead atoms. The highest BCUT2D eigenvalue weighted by atomic mass is 35.5. The Labute approximate surface area is 92.4 Å². The molecule has 0 radical (unpaired) electrons. The molecular formula is C10H11ClN2O2. The van der Waals surface area contributed by atoms with Gasteiger partial charge in [0.1, 0.15) is 5.38 Å². The number of alkyl halides is 1. The number of halogens is 1. The van der Waals surface area contributed by atoms with Crippen molar-refractivity contribution in [1.29, 1.82) is 0 Å². The molecule has 0 heterocycles. The van der Waals surface area contributed by atoms with Gasteiger partial charge in [0.05, 0.1) is 6.54 Å². The van der Waals surface area contributed by atoms with Gasteiger partial charge in [0, 0.05) is 0 Å². The first-order valence-corrected chi connectivity index (χ1v) is 4.80. The summed E-state index contributed by atoms with van der Waals surface area (Å²) in [7, 11) is 0. The summed E-state index contributed by atoms with van der Waals surface area (Å²) in [5.74, 6) is -1.03. The van der Waals surface area contributed by atoms with Crippen molar-refractivity contribution in [3.63, 3.8) is 0 Å². The Kier molecular flexibility index (Phi) is 4.12. The zero-order valence-corrected chi connectivity index (χ0v) is 8.70. The van der Waals surface area contributed by atoms with Gasteiger partial charge in [-0.05, 0) is 5.56 Å². The van der Waals surface area contributed by atoms with Gasteiger partial charge in [-0.15, -0.1) is 11.6 Å². The number of benzene rings is 1. The summed E-state index contributed by atoms with van der Waals surface area (Å²) in [4.78, 5) is 21.8. The lowest BCUT2D eigenvalue weighted by Gasteiger charge is -2.09. The van der Waals surface area contributed by atoms with Crippen LogP contribution in [-0.2, 0) is 9.59 Å². The van der Waals surface area contributed by atoms with Crippen LogP contribution in [0.3, 0.4) is 0 Å². The SMILES string of the molecule is NC(=O)CNC(=O)C(Cl)c1ccccc1. The molecule has 1 aromatic carbocycles. The van der Waals surface area contributed by atoms with Gasteiger partial charge in [-0.1, -0.05) is 30.3 Å². The number of amides is 2. The van der Waals surface area contributed by atoms with Crippen molar-refractivity contribution >= 4 is 23.4 Å². The molecular weight excluding hydrogens is 216 g/mol. The first-order chi connectivity index (χ1) is 7.11. The summed E-state index contributed by atoms with van der Waals surface area (Å²) < 4.78 is 0. The van der Waals surface area contributed by atoms with Gasteiger partial charge in [-0.2, -0.15) is 0 Å². The van der Waals surface area contributed by atoms with E-state index >= 15 is 0 Å². The Hall–Kier alpha value is -1.55. The smallest absolute Gasteiger partial charge is 0.243 e. The Bertz CT molecular complexity index is 354. The average Bonchev–Trinajstić information content (AvgIpc) is 2.26. The van der Waals surface area contributed by atoms with Crippen molar-refractivity contribution < 1.29 is 9.59 Å². The highest BCUT2D eigenvalue weighted by Gasteiger charge is 2.16. The van der Waals surface area contributed by atoms with E-state index in [2.05, 4.69) is 5.32 Å². The first kappa shape index (κ1) is 11.5. The highest BCUT2D eigenvalue weighted by Crippen LogP contribution is 2.19. The molecule has 3 N–H and O–H groups in total. The van der Waals surface area contributed by atoms with E-state index in [0.717, 1.165) is 0 Å². The molecule has 15 heavy (non-hydrogen) atoms. The molecule has 0 aliphatic carbocycles. The lowest BCUT2D eigenvalue weighted by atomic mass is 10.1. The number of nitrogens with two attached hydrogens (primary N) is 1. The molecule has 1 rings (SSSR count). The summed E-state index contributed by atoms with van der Waals surface area (Å²) in [6.45, 7) is -0.200. The lowest BCUT2D eigenvalue weighted by molar-refractivity contribution is -0.124. The Morgan fingerprint density at radius 2 is 1.93 bits per heavy atom. The molecule has 0 fully saturated rings. The van der Waals surface area contributed by atoms with Gasteiger partial charge >= 0.3 is 0 Å². The Morgan fingerprint density at radius 1 is 1.33 bits per heavy atom. The van der Waals surface area contributed by atoms with Crippen molar-refractivity contribution in [2.75, 3.05) is 6.54 Å². The van der Waals surface area contributed by atoms with E-state index in [-0.39, 0.29) is 6.54 Å². The zero-order chi connectivity index (χ0) is 11.3. The summed E-state index contributed by atoms with van der Waals surface area (Å²) in [5.41, 5.74) is 5.56. The topological polar surface area (TPSA) is 72.2 Å². The van der Waals surface area contributed by atoms with Gasteiger partial charge in [0.25, 0.3) is 0 Å². The third-order valence-corrected chi connectivity index (χ3v) is 2.21. The van der Waals surface area contributed by atoms with Gasteiger partial charge < -0.3 is 11.1 Å². The standard InChI is InChI=1S/C10H11ClN2O2/c11-9(7-4-2-1-3-5-7)10(15)13-6-8(12)14/h1-5,9H,6H2,(H2,12,14)(H,13,15). The van der Waals surface area contributed by atoms with Gasteiger partial charge in [0.2, 0.25) is 11.8 Å². The number of rotatable bonds is 4. The van der Waals surface area contributed by atoms with E-state index in [4.69, 9.17) is 17.3 Å². The van der Waals surface area contributed by atoms with Crippen LogP contribution in [-0.4, -0.2) is 18.4 Å². The fourth-order valence-corrected chi connectivity index (χ4v) is 1.26. The molecule has 2 amide bonds. The molecule has 0 spiro atoms. The predicted molar refractivity (Wildman–Crippen MR) is 57.2 cm³/mol. The lowest BCUT2D eigenvalue weighted by Crippen LogP contribution is -2.35. The molecule has 80 valence electrons. The zero-order valence-electron chi connectivity index (χ0n) is 7.94. The third kappa shape index (κ3) is 3.59. The molecule has 0 aliphatic heterocycles. The van der Waals surface area contributed by atoms with E-state index < -0.39 is 17.2 Å². The van der Waals surface area contributed by atoms with Gasteiger partial charge in [0.15, 0.2) is 0 Å².